The molecular weight excluding hydrogens is 350 g/mol. The second kappa shape index (κ2) is 8.95. The van der Waals surface area contributed by atoms with E-state index in [2.05, 4.69) is 10.3 Å². The summed E-state index contributed by atoms with van der Waals surface area (Å²) in [5, 5.41) is 2.83. The molecule has 0 aliphatic rings. The van der Waals surface area contributed by atoms with Crippen molar-refractivity contribution < 1.29 is 9.59 Å². The molecule has 3 rings (SSSR count). The molecular formula is C23H23N3O2. The summed E-state index contributed by atoms with van der Waals surface area (Å²) in [5.41, 5.74) is 4.20. The van der Waals surface area contributed by atoms with E-state index in [-0.39, 0.29) is 11.8 Å². The molecule has 0 spiro atoms. The molecule has 142 valence electrons. The van der Waals surface area contributed by atoms with Crippen molar-refractivity contribution in [3.05, 3.63) is 89.7 Å². The Morgan fingerprint density at radius 1 is 1.00 bits per heavy atom. The smallest absolute Gasteiger partial charge is 0.260 e. The van der Waals surface area contributed by atoms with Crippen LogP contribution in [0, 0.1) is 6.92 Å². The Bertz CT molecular complexity index is 936. The van der Waals surface area contributed by atoms with E-state index in [1.54, 1.807) is 29.4 Å². The lowest BCUT2D eigenvalue weighted by Gasteiger charge is -2.23. The number of aryl methyl sites for hydroxylation is 1. The van der Waals surface area contributed by atoms with Gasteiger partial charge in [-0.1, -0.05) is 36.8 Å². The van der Waals surface area contributed by atoms with E-state index >= 15 is 0 Å². The lowest BCUT2D eigenvalue weighted by atomic mass is 10.1. The molecule has 0 atom stereocenters. The molecule has 1 heterocycles. The van der Waals surface area contributed by atoms with Crippen LogP contribution in [0.4, 0.5) is 11.4 Å². The summed E-state index contributed by atoms with van der Waals surface area (Å²) >= 11 is 0. The minimum atomic E-state index is -0.111. The Balaban J connectivity index is 1.86. The van der Waals surface area contributed by atoms with Gasteiger partial charge in [0.1, 0.15) is 0 Å². The average Bonchev–Trinajstić information content (AvgIpc) is 2.74. The molecule has 2 aromatic carbocycles. The normalized spacial score (nSPS) is 10.4. The molecule has 28 heavy (non-hydrogen) atoms. The zero-order valence-corrected chi connectivity index (χ0v) is 16.1. The number of carbonyl (C=O) groups is 2. The van der Waals surface area contributed by atoms with Crippen molar-refractivity contribution >= 4 is 23.2 Å². The van der Waals surface area contributed by atoms with Crippen LogP contribution >= 0.6 is 0 Å². The molecule has 1 aromatic heterocycles. The van der Waals surface area contributed by atoms with E-state index in [1.165, 1.54) is 0 Å². The van der Waals surface area contributed by atoms with Crippen LogP contribution in [0.1, 0.15) is 34.8 Å². The van der Waals surface area contributed by atoms with Crippen LogP contribution in [0.5, 0.6) is 0 Å². The lowest BCUT2D eigenvalue weighted by molar-refractivity contribution is -0.115. The molecule has 0 aliphatic heterocycles. The third-order valence-electron chi connectivity index (χ3n) is 4.40. The van der Waals surface area contributed by atoms with E-state index in [1.807, 2.05) is 62.4 Å². The Kier molecular flexibility index (Phi) is 6.17. The summed E-state index contributed by atoms with van der Waals surface area (Å²) < 4.78 is 0. The summed E-state index contributed by atoms with van der Waals surface area (Å²) in [6, 6.07) is 18.9. The van der Waals surface area contributed by atoms with Gasteiger partial charge >= 0.3 is 0 Å². The van der Waals surface area contributed by atoms with Gasteiger partial charge in [-0.25, -0.2) is 0 Å². The Labute approximate surface area is 165 Å². The van der Waals surface area contributed by atoms with Gasteiger partial charge in [-0.3, -0.25) is 14.6 Å². The van der Waals surface area contributed by atoms with Crippen molar-refractivity contribution in [2.45, 2.75) is 26.8 Å². The first-order valence-corrected chi connectivity index (χ1v) is 9.24. The van der Waals surface area contributed by atoms with Gasteiger partial charge < -0.3 is 10.2 Å². The fraction of sp³-hybridized carbons (Fsp3) is 0.174. The number of hydrogen-bond acceptors (Lipinski definition) is 3. The van der Waals surface area contributed by atoms with Crippen molar-refractivity contribution in [1.82, 2.24) is 4.98 Å². The number of carbonyl (C=O) groups excluding carboxylic acids is 2. The van der Waals surface area contributed by atoms with E-state index in [9.17, 15) is 9.59 Å². The number of benzene rings is 2. The number of nitrogens with one attached hydrogen (secondary N) is 1. The highest BCUT2D eigenvalue weighted by molar-refractivity contribution is 6.05. The maximum absolute atomic E-state index is 13.1. The number of aromatic nitrogens is 1. The highest BCUT2D eigenvalue weighted by Gasteiger charge is 2.18. The first-order valence-electron chi connectivity index (χ1n) is 9.24. The number of nitrogens with zero attached hydrogens (tertiary/aromatic N) is 2. The molecule has 0 bridgehead atoms. The first-order chi connectivity index (χ1) is 13.6. The molecule has 3 aromatic rings. The summed E-state index contributed by atoms with van der Waals surface area (Å²) in [6.45, 7) is 4.24. The second-order valence-electron chi connectivity index (χ2n) is 6.57. The predicted octanol–water partition coefficient (Wildman–Crippen LogP) is 4.59. The zero-order chi connectivity index (χ0) is 19.9. The van der Waals surface area contributed by atoms with Crippen molar-refractivity contribution in [2.75, 3.05) is 10.2 Å². The number of rotatable bonds is 6. The van der Waals surface area contributed by atoms with E-state index < -0.39 is 0 Å². The highest BCUT2D eigenvalue weighted by Crippen LogP contribution is 2.21. The summed E-state index contributed by atoms with van der Waals surface area (Å²) in [7, 11) is 0. The van der Waals surface area contributed by atoms with Crippen LogP contribution in [-0.2, 0) is 11.3 Å². The predicted molar refractivity (Wildman–Crippen MR) is 111 cm³/mol. The molecule has 0 fully saturated rings. The standard InChI is InChI=1S/C23H23N3O2/c1-3-22(27)25-20-10-8-18(9-11-20)16-26(21-12-6-17(2)7-13-21)23(28)19-5-4-14-24-15-19/h4-15H,3,16H2,1-2H3,(H,25,27). The van der Waals surface area contributed by atoms with E-state index in [0.717, 1.165) is 22.5 Å². The second-order valence-corrected chi connectivity index (χ2v) is 6.57. The average molecular weight is 373 g/mol. The van der Waals surface area contributed by atoms with Crippen LogP contribution in [0.15, 0.2) is 73.1 Å². The molecule has 0 aliphatic carbocycles. The van der Waals surface area contributed by atoms with Crippen LogP contribution in [0.2, 0.25) is 0 Å². The largest absolute Gasteiger partial charge is 0.326 e. The molecule has 0 unspecified atom stereocenters. The molecule has 0 saturated heterocycles. The van der Waals surface area contributed by atoms with Gasteiger partial charge in [-0.2, -0.15) is 0 Å². The van der Waals surface area contributed by atoms with Gasteiger partial charge in [0.15, 0.2) is 0 Å². The molecule has 2 amide bonds. The van der Waals surface area contributed by atoms with Crippen LogP contribution in [-0.4, -0.2) is 16.8 Å². The van der Waals surface area contributed by atoms with Crippen LogP contribution < -0.4 is 10.2 Å². The summed E-state index contributed by atoms with van der Waals surface area (Å²) in [4.78, 5) is 30.4. The Hall–Kier alpha value is -3.47. The molecule has 5 heteroatoms. The van der Waals surface area contributed by atoms with Gasteiger partial charge in [-0.15, -0.1) is 0 Å². The highest BCUT2D eigenvalue weighted by atomic mass is 16.2. The van der Waals surface area contributed by atoms with Crippen molar-refractivity contribution in [3.8, 4) is 0 Å². The fourth-order valence-electron chi connectivity index (χ4n) is 2.78. The summed E-state index contributed by atoms with van der Waals surface area (Å²) in [6.07, 6.45) is 3.66. The number of anilines is 2. The quantitative estimate of drug-likeness (QED) is 0.688. The fourth-order valence-corrected chi connectivity index (χ4v) is 2.78. The molecule has 0 radical (unpaired) electrons. The zero-order valence-electron chi connectivity index (χ0n) is 16.1. The molecule has 0 saturated carbocycles. The molecule has 5 nitrogen and oxygen atoms in total. The maximum atomic E-state index is 13.1. The third kappa shape index (κ3) is 4.82. The van der Waals surface area contributed by atoms with Gasteiger partial charge in [0.25, 0.3) is 5.91 Å². The van der Waals surface area contributed by atoms with Gasteiger partial charge in [0.2, 0.25) is 5.91 Å². The number of pyridine rings is 1. The Morgan fingerprint density at radius 3 is 2.32 bits per heavy atom. The number of amides is 2. The van der Waals surface area contributed by atoms with E-state index in [0.29, 0.717) is 18.5 Å². The van der Waals surface area contributed by atoms with Crippen molar-refractivity contribution in [2.24, 2.45) is 0 Å². The number of hydrogen-bond donors (Lipinski definition) is 1. The Morgan fingerprint density at radius 2 is 1.71 bits per heavy atom. The van der Waals surface area contributed by atoms with Gasteiger partial charge in [-0.05, 0) is 48.9 Å². The SMILES string of the molecule is CCC(=O)Nc1ccc(CN(C(=O)c2cccnc2)c2ccc(C)cc2)cc1. The van der Waals surface area contributed by atoms with Gasteiger partial charge in [0.05, 0.1) is 12.1 Å². The maximum Gasteiger partial charge on any atom is 0.260 e. The lowest BCUT2D eigenvalue weighted by Crippen LogP contribution is -2.30. The van der Waals surface area contributed by atoms with E-state index in [4.69, 9.17) is 0 Å². The van der Waals surface area contributed by atoms with Crippen molar-refractivity contribution in [3.63, 3.8) is 0 Å². The van der Waals surface area contributed by atoms with Crippen LogP contribution in [0.25, 0.3) is 0 Å². The third-order valence-corrected chi connectivity index (χ3v) is 4.40. The topological polar surface area (TPSA) is 62.3 Å². The minimum absolute atomic E-state index is 0.0270. The van der Waals surface area contributed by atoms with Gasteiger partial charge in [0, 0.05) is 30.2 Å². The summed E-state index contributed by atoms with van der Waals surface area (Å²) in [5.74, 6) is -0.138. The van der Waals surface area contributed by atoms with Crippen molar-refractivity contribution in [1.29, 1.82) is 0 Å². The first kappa shape index (κ1) is 19.3. The molecule has 1 N–H and O–H groups in total. The monoisotopic (exact) mass is 373 g/mol. The minimum Gasteiger partial charge on any atom is -0.326 e. The van der Waals surface area contributed by atoms with Crippen LogP contribution in [0.3, 0.4) is 0 Å².